The Morgan fingerprint density at radius 2 is 1.20 bits per heavy atom. The summed E-state index contributed by atoms with van der Waals surface area (Å²) < 4.78 is 0. The maximum atomic E-state index is 12.4. The second kappa shape index (κ2) is 13.5. The monoisotopic (exact) mass is 360 g/mol. The molecule has 0 rings (SSSR count). The Balaban J connectivity index is 4.83. The molecule has 0 saturated carbocycles. The quantitative estimate of drug-likeness (QED) is 0.177. The van der Waals surface area contributed by atoms with E-state index in [9.17, 15) is 19.5 Å². The maximum absolute atomic E-state index is 12.4. The lowest BCUT2D eigenvalue weighted by Crippen LogP contribution is -2.54. The third-order valence-electron chi connectivity index (χ3n) is 3.70. The molecular weight excluding hydrogens is 328 g/mol. The molecule has 0 aliphatic carbocycles. The molecule has 0 heterocycles. The average molecular weight is 360 g/mol. The lowest BCUT2D eigenvalue weighted by Gasteiger charge is -2.22. The van der Waals surface area contributed by atoms with Gasteiger partial charge in [-0.1, -0.05) is 0 Å². The second-order valence-corrected chi connectivity index (χ2v) is 5.86. The van der Waals surface area contributed by atoms with Gasteiger partial charge in [0.05, 0.1) is 6.04 Å². The number of carbonyl (C=O) groups excluding carboxylic acids is 2. The van der Waals surface area contributed by atoms with E-state index in [0.29, 0.717) is 51.7 Å². The van der Waals surface area contributed by atoms with E-state index in [1.54, 1.807) is 0 Å². The Morgan fingerprint density at radius 3 is 1.68 bits per heavy atom. The molecule has 0 radical (unpaired) electrons. The Kier molecular flexibility index (Phi) is 12.6. The van der Waals surface area contributed by atoms with Crippen molar-refractivity contribution in [1.29, 1.82) is 0 Å². The minimum atomic E-state index is -1.15. The van der Waals surface area contributed by atoms with E-state index in [1.807, 2.05) is 0 Å². The number of rotatable bonds is 14. The highest BCUT2D eigenvalue weighted by Crippen LogP contribution is 2.03. The normalized spacial score (nSPS) is 14.4. The topological polar surface area (TPSA) is 200 Å². The van der Waals surface area contributed by atoms with E-state index in [2.05, 4.69) is 10.6 Å². The van der Waals surface area contributed by atoms with Crippen LogP contribution in [-0.2, 0) is 14.4 Å². The van der Waals surface area contributed by atoms with Crippen molar-refractivity contribution in [3.63, 3.8) is 0 Å². The molecule has 11 N–H and O–H groups in total. The van der Waals surface area contributed by atoms with Gasteiger partial charge in [0.25, 0.3) is 0 Å². The zero-order valence-electron chi connectivity index (χ0n) is 14.6. The molecule has 0 fully saturated rings. The minimum absolute atomic E-state index is 0.213. The van der Waals surface area contributed by atoms with E-state index in [1.165, 1.54) is 0 Å². The summed E-state index contributed by atoms with van der Waals surface area (Å²) in [5, 5.41) is 14.2. The first kappa shape index (κ1) is 23.2. The highest BCUT2D eigenvalue weighted by molar-refractivity contribution is 5.91. The highest BCUT2D eigenvalue weighted by Gasteiger charge is 2.27. The van der Waals surface area contributed by atoms with Gasteiger partial charge >= 0.3 is 5.97 Å². The molecule has 3 atom stereocenters. The first-order valence-electron chi connectivity index (χ1n) is 8.56. The molecule has 10 heteroatoms. The smallest absolute Gasteiger partial charge is 0.326 e. The molecule has 0 aromatic rings. The van der Waals surface area contributed by atoms with Crippen LogP contribution in [-0.4, -0.2) is 60.6 Å². The van der Waals surface area contributed by atoms with Gasteiger partial charge in [-0.3, -0.25) is 9.59 Å². The summed E-state index contributed by atoms with van der Waals surface area (Å²) in [6.45, 7) is 1.08. The van der Waals surface area contributed by atoms with Crippen molar-refractivity contribution in [2.45, 2.75) is 56.7 Å². The molecule has 0 aromatic heterocycles. The van der Waals surface area contributed by atoms with Crippen molar-refractivity contribution in [3.05, 3.63) is 0 Å². The summed E-state index contributed by atoms with van der Waals surface area (Å²) in [7, 11) is 0. The van der Waals surface area contributed by atoms with Crippen LogP contribution in [0, 0.1) is 0 Å². The van der Waals surface area contributed by atoms with Gasteiger partial charge in [0.15, 0.2) is 0 Å². The van der Waals surface area contributed by atoms with Crippen LogP contribution in [0.1, 0.15) is 38.5 Å². The second-order valence-electron chi connectivity index (χ2n) is 5.86. The van der Waals surface area contributed by atoms with Crippen molar-refractivity contribution in [2.24, 2.45) is 22.9 Å². The van der Waals surface area contributed by atoms with Crippen LogP contribution >= 0.6 is 0 Å². The predicted octanol–water partition coefficient (Wildman–Crippen LogP) is -2.42. The molecule has 146 valence electrons. The van der Waals surface area contributed by atoms with Crippen LogP contribution < -0.4 is 33.6 Å². The van der Waals surface area contributed by atoms with Gasteiger partial charge in [-0.25, -0.2) is 4.79 Å². The van der Waals surface area contributed by atoms with Gasteiger partial charge in [-0.05, 0) is 58.2 Å². The number of amides is 2. The van der Waals surface area contributed by atoms with E-state index in [0.717, 1.165) is 0 Å². The predicted molar refractivity (Wildman–Crippen MR) is 94.3 cm³/mol. The van der Waals surface area contributed by atoms with Gasteiger partial charge in [0.1, 0.15) is 12.1 Å². The Morgan fingerprint density at radius 1 is 0.760 bits per heavy atom. The third-order valence-corrected chi connectivity index (χ3v) is 3.70. The fourth-order valence-electron chi connectivity index (χ4n) is 2.19. The summed E-state index contributed by atoms with van der Waals surface area (Å²) >= 11 is 0. The number of aliphatic carboxylic acids is 1. The van der Waals surface area contributed by atoms with Gasteiger partial charge in [0, 0.05) is 0 Å². The van der Waals surface area contributed by atoms with Crippen molar-refractivity contribution >= 4 is 17.8 Å². The van der Waals surface area contributed by atoms with Crippen molar-refractivity contribution in [3.8, 4) is 0 Å². The Labute approximate surface area is 148 Å². The number of carbonyl (C=O) groups is 3. The largest absolute Gasteiger partial charge is 0.480 e. The van der Waals surface area contributed by atoms with Crippen LogP contribution in [0.5, 0.6) is 0 Å². The van der Waals surface area contributed by atoms with E-state index in [-0.39, 0.29) is 6.42 Å². The fraction of sp³-hybridized carbons (Fsp3) is 0.800. The lowest BCUT2D eigenvalue weighted by molar-refractivity contribution is -0.142. The zero-order valence-corrected chi connectivity index (χ0v) is 14.6. The molecule has 25 heavy (non-hydrogen) atoms. The van der Waals surface area contributed by atoms with E-state index >= 15 is 0 Å². The number of nitrogens with one attached hydrogen (secondary N) is 2. The van der Waals surface area contributed by atoms with Crippen molar-refractivity contribution in [2.75, 3.05) is 19.6 Å². The SMILES string of the molecule is NCCC[C@H](NC(=O)[C@H](CCCN)NC(=O)[C@@H](N)CCCN)C(=O)O. The summed E-state index contributed by atoms with van der Waals surface area (Å²) in [4.78, 5) is 35.7. The molecule has 0 aliphatic heterocycles. The number of hydrogen-bond donors (Lipinski definition) is 7. The number of hydrogen-bond acceptors (Lipinski definition) is 7. The van der Waals surface area contributed by atoms with Crippen molar-refractivity contribution < 1.29 is 19.5 Å². The minimum Gasteiger partial charge on any atom is -0.480 e. The Hall–Kier alpha value is -1.75. The molecule has 0 bridgehead atoms. The third kappa shape index (κ3) is 9.97. The number of carboxylic acids is 1. The molecule has 2 amide bonds. The van der Waals surface area contributed by atoms with Crippen LogP contribution in [0.4, 0.5) is 0 Å². The van der Waals surface area contributed by atoms with Crippen LogP contribution in [0.3, 0.4) is 0 Å². The first-order chi connectivity index (χ1) is 11.9. The van der Waals surface area contributed by atoms with E-state index in [4.69, 9.17) is 22.9 Å². The summed E-state index contributed by atoms with van der Waals surface area (Å²) in [5.41, 5.74) is 22.0. The van der Waals surface area contributed by atoms with Crippen LogP contribution in [0.25, 0.3) is 0 Å². The molecule has 0 aromatic carbocycles. The van der Waals surface area contributed by atoms with Gasteiger partial charge in [0.2, 0.25) is 11.8 Å². The molecule has 0 unspecified atom stereocenters. The summed E-state index contributed by atoms with van der Waals surface area (Å²) in [5.74, 6) is -2.19. The van der Waals surface area contributed by atoms with Gasteiger partial charge in [-0.2, -0.15) is 0 Å². The van der Waals surface area contributed by atoms with Crippen LogP contribution in [0.15, 0.2) is 0 Å². The van der Waals surface area contributed by atoms with Crippen LogP contribution in [0.2, 0.25) is 0 Å². The molecular formula is C15H32N6O4. The summed E-state index contributed by atoms with van der Waals surface area (Å²) in [6.07, 6.45) is 2.46. The van der Waals surface area contributed by atoms with Gasteiger partial charge < -0.3 is 38.7 Å². The van der Waals surface area contributed by atoms with Crippen molar-refractivity contribution in [1.82, 2.24) is 10.6 Å². The summed E-state index contributed by atoms with van der Waals surface area (Å²) in [6, 6.07) is -2.72. The zero-order chi connectivity index (χ0) is 19.2. The Bertz CT molecular complexity index is 421. The fourth-order valence-corrected chi connectivity index (χ4v) is 2.19. The lowest BCUT2D eigenvalue weighted by atomic mass is 10.1. The molecule has 0 saturated heterocycles. The maximum Gasteiger partial charge on any atom is 0.326 e. The first-order valence-corrected chi connectivity index (χ1v) is 8.56. The molecule has 10 nitrogen and oxygen atoms in total. The van der Waals surface area contributed by atoms with Gasteiger partial charge in [-0.15, -0.1) is 0 Å². The van der Waals surface area contributed by atoms with E-state index < -0.39 is 35.9 Å². The standard InChI is InChI=1S/C15H32N6O4/c16-7-1-4-10(19)13(22)20-11(5-2-8-17)14(23)21-12(15(24)25)6-3-9-18/h10-12H,1-9,16-19H2,(H,20,22)(H,21,23)(H,24,25)/t10-,11-,12-/m0/s1. The molecule has 0 aliphatic rings. The number of carboxylic acid groups (broad SMARTS) is 1. The average Bonchev–Trinajstić information content (AvgIpc) is 2.59. The molecule has 0 spiro atoms. The number of nitrogens with two attached hydrogens (primary N) is 4. The highest BCUT2D eigenvalue weighted by atomic mass is 16.4.